The summed E-state index contributed by atoms with van der Waals surface area (Å²) in [6, 6.07) is 4.42. The normalized spacial score (nSPS) is 15.4. The fourth-order valence-electron chi connectivity index (χ4n) is 4.12. The van der Waals surface area contributed by atoms with Gasteiger partial charge in [-0.05, 0) is 56.0 Å². The number of aliphatic imine (C=N–C) groups is 1. The number of hydrogen-bond acceptors (Lipinski definition) is 6. The van der Waals surface area contributed by atoms with E-state index in [0.29, 0.717) is 34.0 Å². The van der Waals surface area contributed by atoms with Gasteiger partial charge < -0.3 is 15.6 Å². The summed E-state index contributed by atoms with van der Waals surface area (Å²) in [5.74, 6) is 0.530. The monoisotopic (exact) mass is 449 g/mol. The van der Waals surface area contributed by atoms with Crippen LogP contribution in [0, 0.1) is 5.82 Å². The minimum atomic E-state index is -0.433. The number of halogens is 1. The molecule has 0 atom stereocenters. The van der Waals surface area contributed by atoms with Crippen LogP contribution in [0.15, 0.2) is 40.8 Å². The SMILES string of the molecule is CC(N)=C(C)C=Nc1cc(F)cc(CNC(=O)c2ncnc3nc(C4CCCC4)n(C)c23)c1. The van der Waals surface area contributed by atoms with Gasteiger partial charge >= 0.3 is 0 Å². The Morgan fingerprint density at radius 2 is 2.03 bits per heavy atom. The standard InChI is InChI=1S/C24H28FN7O/c1-14(15(2)26)11-27-19-9-16(8-18(25)10-19)12-28-24(33)20-21-22(30-13-29-20)31-23(32(21)3)17-6-4-5-7-17/h8-11,13,17H,4-7,12,26H2,1-3H3,(H,28,33). The summed E-state index contributed by atoms with van der Waals surface area (Å²) in [6.07, 6.45) is 7.51. The molecule has 0 saturated heterocycles. The molecule has 33 heavy (non-hydrogen) atoms. The Morgan fingerprint density at radius 1 is 1.27 bits per heavy atom. The van der Waals surface area contributed by atoms with Crippen molar-refractivity contribution in [3.63, 3.8) is 0 Å². The Labute approximate surface area is 191 Å². The molecule has 1 aliphatic rings. The van der Waals surface area contributed by atoms with E-state index in [4.69, 9.17) is 5.73 Å². The smallest absolute Gasteiger partial charge is 0.272 e. The number of allylic oxidation sites excluding steroid dienone is 2. The molecule has 1 fully saturated rings. The van der Waals surface area contributed by atoms with Gasteiger partial charge in [0, 0.05) is 31.4 Å². The van der Waals surface area contributed by atoms with Crippen molar-refractivity contribution < 1.29 is 9.18 Å². The fraction of sp³-hybridized carbons (Fsp3) is 0.375. The van der Waals surface area contributed by atoms with Gasteiger partial charge in [0.05, 0.1) is 5.69 Å². The summed E-state index contributed by atoms with van der Waals surface area (Å²) < 4.78 is 16.0. The van der Waals surface area contributed by atoms with Crippen molar-refractivity contribution in [2.24, 2.45) is 17.8 Å². The first-order valence-electron chi connectivity index (χ1n) is 11.1. The first kappa shape index (κ1) is 22.6. The van der Waals surface area contributed by atoms with Gasteiger partial charge in [0.15, 0.2) is 11.3 Å². The highest BCUT2D eigenvalue weighted by atomic mass is 19.1. The number of amides is 1. The number of carbonyl (C=O) groups is 1. The van der Waals surface area contributed by atoms with Crippen LogP contribution in [-0.4, -0.2) is 31.6 Å². The molecule has 0 spiro atoms. The maximum Gasteiger partial charge on any atom is 0.272 e. The predicted molar refractivity (Wildman–Crippen MR) is 126 cm³/mol. The number of carbonyl (C=O) groups excluding carboxylic acids is 1. The molecule has 4 rings (SSSR count). The average Bonchev–Trinajstić information content (AvgIpc) is 3.43. The third kappa shape index (κ3) is 4.92. The van der Waals surface area contributed by atoms with Crippen LogP contribution < -0.4 is 11.1 Å². The van der Waals surface area contributed by atoms with Crippen LogP contribution in [0.3, 0.4) is 0 Å². The molecule has 1 amide bonds. The Kier molecular flexibility index (Phi) is 6.48. The second-order valence-corrected chi connectivity index (χ2v) is 8.53. The van der Waals surface area contributed by atoms with Crippen LogP contribution >= 0.6 is 0 Å². The molecule has 0 bridgehead atoms. The van der Waals surface area contributed by atoms with E-state index >= 15 is 0 Å². The third-order valence-corrected chi connectivity index (χ3v) is 6.06. The van der Waals surface area contributed by atoms with Crippen LogP contribution in [0.4, 0.5) is 10.1 Å². The minimum Gasteiger partial charge on any atom is -0.402 e. The van der Waals surface area contributed by atoms with E-state index in [9.17, 15) is 9.18 Å². The van der Waals surface area contributed by atoms with Crippen LogP contribution in [0.1, 0.15) is 67.3 Å². The maximum atomic E-state index is 14.1. The van der Waals surface area contributed by atoms with Gasteiger partial charge in [0.2, 0.25) is 0 Å². The highest BCUT2D eigenvalue weighted by Crippen LogP contribution is 2.34. The summed E-state index contributed by atoms with van der Waals surface area (Å²) in [7, 11) is 1.90. The lowest BCUT2D eigenvalue weighted by Crippen LogP contribution is -2.24. The molecule has 2 aromatic heterocycles. The summed E-state index contributed by atoms with van der Waals surface area (Å²) in [5, 5.41) is 2.83. The molecule has 2 heterocycles. The van der Waals surface area contributed by atoms with E-state index in [1.54, 1.807) is 19.2 Å². The van der Waals surface area contributed by atoms with Crippen LogP contribution in [0.2, 0.25) is 0 Å². The summed E-state index contributed by atoms with van der Waals surface area (Å²) in [6.45, 7) is 3.73. The molecule has 172 valence electrons. The van der Waals surface area contributed by atoms with Crippen molar-refractivity contribution >= 4 is 29.0 Å². The third-order valence-electron chi connectivity index (χ3n) is 6.06. The van der Waals surface area contributed by atoms with Gasteiger partial charge in [-0.15, -0.1) is 0 Å². The topological polar surface area (TPSA) is 111 Å². The van der Waals surface area contributed by atoms with E-state index < -0.39 is 5.82 Å². The molecule has 0 unspecified atom stereocenters. The van der Waals surface area contributed by atoms with Crippen LogP contribution in [0.5, 0.6) is 0 Å². The second-order valence-electron chi connectivity index (χ2n) is 8.53. The first-order valence-corrected chi connectivity index (χ1v) is 11.1. The Bertz CT molecular complexity index is 1250. The molecule has 9 heteroatoms. The van der Waals surface area contributed by atoms with E-state index in [1.165, 1.54) is 31.3 Å². The highest BCUT2D eigenvalue weighted by molar-refractivity contribution is 6.02. The molecule has 0 aliphatic heterocycles. The van der Waals surface area contributed by atoms with Gasteiger partial charge in [-0.2, -0.15) is 0 Å². The van der Waals surface area contributed by atoms with E-state index in [-0.39, 0.29) is 18.1 Å². The maximum absolute atomic E-state index is 14.1. The minimum absolute atomic E-state index is 0.128. The van der Waals surface area contributed by atoms with Crippen molar-refractivity contribution in [1.82, 2.24) is 24.8 Å². The van der Waals surface area contributed by atoms with E-state index in [2.05, 4.69) is 25.3 Å². The van der Waals surface area contributed by atoms with E-state index in [0.717, 1.165) is 24.2 Å². The highest BCUT2D eigenvalue weighted by Gasteiger charge is 2.25. The molecule has 3 N–H and O–H groups in total. The van der Waals surface area contributed by atoms with Crippen molar-refractivity contribution in [2.45, 2.75) is 52.0 Å². The number of fused-ring (bicyclic) bond motifs is 1. The molecule has 1 saturated carbocycles. The number of hydrogen-bond donors (Lipinski definition) is 2. The zero-order valence-electron chi connectivity index (χ0n) is 19.1. The number of benzene rings is 1. The second kappa shape index (κ2) is 9.48. The quantitative estimate of drug-likeness (QED) is 0.552. The van der Waals surface area contributed by atoms with Crippen molar-refractivity contribution in [3.05, 3.63) is 58.7 Å². The van der Waals surface area contributed by atoms with Crippen LogP contribution in [0.25, 0.3) is 11.2 Å². The Balaban J connectivity index is 1.54. The average molecular weight is 450 g/mol. The van der Waals surface area contributed by atoms with Gasteiger partial charge in [0.25, 0.3) is 5.91 Å². The largest absolute Gasteiger partial charge is 0.402 e. The van der Waals surface area contributed by atoms with Crippen molar-refractivity contribution in [3.8, 4) is 0 Å². The van der Waals surface area contributed by atoms with Crippen molar-refractivity contribution in [2.75, 3.05) is 0 Å². The van der Waals surface area contributed by atoms with Gasteiger partial charge in [-0.3, -0.25) is 9.79 Å². The van der Waals surface area contributed by atoms with Gasteiger partial charge in [-0.25, -0.2) is 19.3 Å². The molecule has 1 aliphatic carbocycles. The first-order chi connectivity index (χ1) is 15.8. The number of aromatic nitrogens is 4. The molecule has 3 aromatic rings. The number of imidazole rings is 1. The summed E-state index contributed by atoms with van der Waals surface area (Å²) in [5.41, 5.74) is 9.59. The molecular formula is C24H28FN7O. The van der Waals surface area contributed by atoms with Crippen LogP contribution in [-0.2, 0) is 13.6 Å². The zero-order valence-corrected chi connectivity index (χ0v) is 19.1. The molecule has 8 nitrogen and oxygen atoms in total. The summed E-state index contributed by atoms with van der Waals surface area (Å²) >= 11 is 0. The van der Waals surface area contributed by atoms with Gasteiger partial charge in [-0.1, -0.05) is 12.8 Å². The van der Waals surface area contributed by atoms with Gasteiger partial charge in [0.1, 0.15) is 23.5 Å². The number of aryl methyl sites for hydroxylation is 1. The Morgan fingerprint density at radius 3 is 2.76 bits per heavy atom. The number of nitrogens with zero attached hydrogens (tertiary/aromatic N) is 5. The lowest BCUT2D eigenvalue weighted by Gasteiger charge is -2.10. The Hall–Kier alpha value is -3.62. The number of rotatable bonds is 6. The predicted octanol–water partition coefficient (Wildman–Crippen LogP) is 4.04. The number of nitrogens with two attached hydrogens (primary N) is 1. The fourth-order valence-corrected chi connectivity index (χ4v) is 4.12. The summed E-state index contributed by atoms with van der Waals surface area (Å²) in [4.78, 5) is 30.4. The lowest BCUT2D eigenvalue weighted by atomic mass is 10.1. The lowest BCUT2D eigenvalue weighted by molar-refractivity contribution is 0.0947. The molecule has 1 aromatic carbocycles. The zero-order chi connectivity index (χ0) is 23.5. The molecule has 0 radical (unpaired) electrons. The molecular weight excluding hydrogens is 421 g/mol. The number of nitrogens with one attached hydrogen (secondary N) is 1. The van der Waals surface area contributed by atoms with Crippen molar-refractivity contribution in [1.29, 1.82) is 0 Å². The van der Waals surface area contributed by atoms with E-state index in [1.807, 2.05) is 18.5 Å².